The molecule has 12 aromatic heterocycles. The van der Waals surface area contributed by atoms with Crippen LogP contribution in [0.4, 0.5) is 71.3 Å². The number of piperazine rings is 2. The third-order valence-electron chi connectivity index (χ3n) is 23.3. The summed E-state index contributed by atoms with van der Waals surface area (Å²) in [6.45, 7) is 20.1. The number of likely N-dealkylation sites (N-methyl/N-ethyl adjacent to an activating group) is 1. The van der Waals surface area contributed by atoms with Gasteiger partial charge in [0.05, 0.1) is 64.4 Å². The molecule has 28 heteroatoms. The van der Waals surface area contributed by atoms with Gasteiger partial charge in [0.25, 0.3) is 0 Å². The number of nitrogens with zero attached hydrogens (tertiary/aromatic N) is 14. The van der Waals surface area contributed by atoms with Crippen LogP contribution in [0.3, 0.4) is 0 Å². The smallest absolute Gasteiger partial charge is 0.248 e. The fraction of sp³-hybridized carbons (Fsp3) is 0.242. The molecule has 0 amide bonds. The summed E-state index contributed by atoms with van der Waals surface area (Å²) in [5.41, 5.74) is 21.2. The second-order valence-electron chi connectivity index (χ2n) is 31.6. The minimum Gasteiger partial charge on any atom is -0.378 e. The van der Waals surface area contributed by atoms with Crippen molar-refractivity contribution in [1.29, 1.82) is 0 Å². The summed E-state index contributed by atoms with van der Waals surface area (Å²) in [5.74, 6) is -0.0894. The van der Waals surface area contributed by atoms with E-state index in [0.717, 1.165) is 180 Å². The highest BCUT2D eigenvalue weighted by Gasteiger charge is 2.28. The third kappa shape index (κ3) is 18.6. The van der Waals surface area contributed by atoms with Gasteiger partial charge in [0.2, 0.25) is 22.6 Å². The number of morpholine rings is 1. The quantitative estimate of drug-likeness (QED) is 0.0394. The van der Waals surface area contributed by atoms with Gasteiger partial charge in [-0.3, -0.25) is 41.8 Å². The Hall–Kier alpha value is -14.1. The van der Waals surface area contributed by atoms with Crippen LogP contribution in [-0.4, -0.2) is 171 Å². The number of aromatic nitrogens is 12. The first-order valence-corrected chi connectivity index (χ1v) is 41.8. The molecule has 4 fully saturated rings. The Labute approximate surface area is 709 Å². The van der Waals surface area contributed by atoms with Gasteiger partial charge in [-0.25, -0.2) is 29.3 Å². The second-order valence-corrected chi connectivity index (χ2v) is 31.6. The van der Waals surface area contributed by atoms with Gasteiger partial charge in [-0.05, 0) is 224 Å². The largest absolute Gasteiger partial charge is 0.378 e. The third-order valence-corrected chi connectivity index (χ3v) is 23.3. The molecule has 0 radical (unpaired) electrons. The molecule has 4 aliphatic heterocycles. The molecule has 123 heavy (non-hydrogen) atoms. The van der Waals surface area contributed by atoms with Crippen molar-refractivity contribution in [1.82, 2.24) is 72.6 Å². The predicted molar refractivity (Wildman–Crippen MR) is 487 cm³/mol. The van der Waals surface area contributed by atoms with Crippen LogP contribution in [0.2, 0.25) is 0 Å². The average Bonchev–Trinajstić information content (AvgIpc) is 1.71. The van der Waals surface area contributed by atoms with Crippen LogP contribution in [0.25, 0.3) is 67.6 Å². The summed E-state index contributed by atoms with van der Waals surface area (Å²) in [7, 11) is 2.20. The SMILES string of the molecule is CC(C)N1CCN(c2ccc(Nc3ccc(-c4cc[nH]c(=O)c4)n4ccnc34)cc2F)CC1.C[C@@H]1CN(C)[C@@H](C)CN1c1ccc(Nc2ccc(-c3cc[nH]c(=O)c3)n3ccnc23)cc1.Fc1cc(-c2ccc(Nc3ccc(N4CCOCC4)cc3)c3nccn23)ccn1.O=c1cc(-c2ccc(Nc3ccc(C4CCNCC4)cc3)c3nccn23)cc[nH]1. The molecule has 20 rings (SSSR count). The van der Waals surface area contributed by atoms with E-state index >= 15 is 4.39 Å². The molecule has 0 spiro atoms. The van der Waals surface area contributed by atoms with E-state index in [-0.39, 0.29) is 22.5 Å². The Morgan fingerprint density at radius 3 is 1.28 bits per heavy atom. The van der Waals surface area contributed by atoms with Gasteiger partial charge in [0, 0.05) is 225 Å². The zero-order chi connectivity index (χ0) is 84.5. The van der Waals surface area contributed by atoms with E-state index in [1.807, 2.05) is 121 Å². The van der Waals surface area contributed by atoms with Gasteiger partial charge >= 0.3 is 0 Å². The molecule has 8 N–H and O–H groups in total. The molecule has 16 aromatic rings. The van der Waals surface area contributed by atoms with Crippen molar-refractivity contribution in [3.63, 3.8) is 0 Å². The molecule has 4 saturated heterocycles. The second kappa shape index (κ2) is 36.9. The Bertz CT molecular complexity index is 6520. The molecule has 16 heterocycles. The van der Waals surface area contributed by atoms with Gasteiger partial charge in [-0.1, -0.05) is 12.1 Å². The summed E-state index contributed by atoms with van der Waals surface area (Å²) in [6, 6.07) is 61.9. The van der Waals surface area contributed by atoms with Gasteiger partial charge in [-0.15, -0.1) is 0 Å². The number of H-pyrrole nitrogens is 3. The summed E-state index contributed by atoms with van der Waals surface area (Å²) < 4.78 is 41.8. The summed E-state index contributed by atoms with van der Waals surface area (Å²) in [4.78, 5) is 76.5. The topological polar surface area (TPSA) is 266 Å². The van der Waals surface area contributed by atoms with Crippen molar-refractivity contribution >= 4 is 85.1 Å². The zero-order valence-electron chi connectivity index (χ0n) is 69.2. The average molecular weight is 1650 g/mol. The lowest BCUT2D eigenvalue weighted by molar-refractivity contribution is 0.122. The Morgan fingerprint density at radius 2 is 0.846 bits per heavy atom. The van der Waals surface area contributed by atoms with Gasteiger partial charge in [0.15, 0.2) is 22.6 Å². The Kier molecular flexibility index (Phi) is 24.4. The number of hydrogen-bond donors (Lipinski definition) is 8. The highest BCUT2D eigenvalue weighted by Crippen LogP contribution is 2.36. The number of imidazole rings is 4. The summed E-state index contributed by atoms with van der Waals surface area (Å²) in [5, 5.41) is 17.2. The normalized spacial score (nSPS) is 15.9. The Morgan fingerprint density at radius 1 is 0.423 bits per heavy atom. The van der Waals surface area contributed by atoms with Crippen LogP contribution in [-0.2, 0) is 4.74 Å². The number of pyridine rings is 8. The van der Waals surface area contributed by atoms with Crippen molar-refractivity contribution < 1.29 is 13.5 Å². The van der Waals surface area contributed by atoms with E-state index in [2.05, 4.69) is 198 Å². The maximum atomic E-state index is 15.0. The van der Waals surface area contributed by atoms with Crippen molar-refractivity contribution in [2.24, 2.45) is 0 Å². The lowest BCUT2D eigenvalue weighted by atomic mass is 9.90. The van der Waals surface area contributed by atoms with E-state index in [9.17, 15) is 18.8 Å². The van der Waals surface area contributed by atoms with Crippen LogP contribution in [0, 0.1) is 11.8 Å². The first kappa shape index (κ1) is 81.3. The number of benzene rings is 4. The van der Waals surface area contributed by atoms with E-state index in [4.69, 9.17) is 4.74 Å². The van der Waals surface area contributed by atoms with E-state index in [1.165, 1.54) is 48.1 Å². The fourth-order valence-electron chi connectivity index (χ4n) is 16.7. The van der Waals surface area contributed by atoms with E-state index in [0.29, 0.717) is 41.1 Å². The lowest BCUT2D eigenvalue weighted by Crippen LogP contribution is -2.55. The van der Waals surface area contributed by atoms with Crippen molar-refractivity contribution in [2.45, 2.75) is 64.6 Å². The van der Waals surface area contributed by atoms with Gasteiger partial charge in [0.1, 0.15) is 5.82 Å². The predicted octanol–water partition coefficient (Wildman–Crippen LogP) is 16.1. The number of aromatic amines is 3. The number of piperidine rings is 1. The van der Waals surface area contributed by atoms with Crippen LogP contribution < -0.4 is 58.0 Å². The molecule has 0 unspecified atom stereocenters. The van der Waals surface area contributed by atoms with Crippen LogP contribution in [0.15, 0.2) is 277 Å². The standard InChI is InChI=1S/C25H27FN6O.C25H28N6O.C23H23N5O.C22H20FN5O/c1-17(2)30-11-13-31(14-12-30)23-5-3-19(16-20(23)26)29-21-4-6-22(32-10-9-28-25(21)32)18-7-8-27-24(33)15-18;1-17-16-31(18(2)15-29(17)3)21-6-4-20(5-7-21)28-22-8-9-23(30-13-12-27-25(22)30)19-10-11-26-24(32)14-19;29-22-15-18(9-12-25-22)21-6-5-20(23-26-13-14-28(21)23)27-19-3-1-16(2-4-19)17-7-10-24-11-8-17;23-21-15-16(7-8-24-21)20-6-5-19(22-25-9-10-28(20)22)26-17-1-3-18(4-2-17)27-11-13-29-14-12-27/h3-10,15-17,29H,11-14H2,1-2H3,(H,27,33);4-14,17-18,28H,15-16H2,1-3H3,(H,26,32);1-6,9,12-15,17,24,27H,7-8,10-11H2,(H,25,29);1-10,15,26H,11-14H2/t;17-,18+;;/m.0../s1. The molecular formula is C95H98F2N22O4. The molecule has 4 aromatic carbocycles. The number of hydrogen-bond acceptors (Lipinski definition) is 19. The molecule has 4 aliphatic rings. The van der Waals surface area contributed by atoms with E-state index < -0.39 is 5.95 Å². The van der Waals surface area contributed by atoms with Crippen LogP contribution >= 0.6 is 0 Å². The Balaban J connectivity index is 0.000000117. The van der Waals surface area contributed by atoms with E-state index in [1.54, 1.807) is 67.6 Å². The number of nitrogens with one attached hydrogen (secondary N) is 8. The lowest BCUT2D eigenvalue weighted by Gasteiger charge is -2.43. The summed E-state index contributed by atoms with van der Waals surface area (Å²) in [6.07, 6.45) is 23.4. The molecule has 2 atom stereocenters. The van der Waals surface area contributed by atoms with Crippen LogP contribution in [0.1, 0.15) is 52.0 Å². The first-order valence-electron chi connectivity index (χ1n) is 41.8. The van der Waals surface area contributed by atoms with Gasteiger partial charge in [-0.2, -0.15) is 4.39 Å². The molecular weight excluding hydrogens is 1550 g/mol. The number of halogens is 2. The zero-order valence-corrected chi connectivity index (χ0v) is 69.2. The number of rotatable bonds is 17. The maximum absolute atomic E-state index is 15.0. The fourth-order valence-corrected chi connectivity index (χ4v) is 16.7. The summed E-state index contributed by atoms with van der Waals surface area (Å²) >= 11 is 0. The highest BCUT2D eigenvalue weighted by atomic mass is 19.1. The van der Waals surface area contributed by atoms with Crippen LogP contribution in [0.5, 0.6) is 0 Å². The van der Waals surface area contributed by atoms with Crippen molar-refractivity contribution in [2.75, 3.05) is 122 Å². The molecule has 0 bridgehead atoms. The first-order chi connectivity index (χ1) is 60.0. The molecule has 0 aliphatic carbocycles. The number of anilines is 11. The number of ether oxygens (including phenoxy) is 1. The monoisotopic (exact) mass is 1650 g/mol. The highest BCUT2D eigenvalue weighted by molar-refractivity contribution is 5.83. The van der Waals surface area contributed by atoms with Gasteiger partial charge < -0.3 is 61.0 Å². The molecule has 26 nitrogen and oxygen atoms in total. The molecule has 0 saturated carbocycles. The van der Waals surface area contributed by atoms with Crippen molar-refractivity contribution in [3.05, 3.63) is 311 Å². The molecule has 626 valence electrons. The minimum atomic E-state index is -0.502. The maximum Gasteiger partial charge on any atom is 0.248 e. The number of fused-ring (bicyclic) bond motifs is 4. The van der Waals surface area contributed by atoms with Crippen molar-refractivity contribution in [3.8, 4) is 45.0 Å². The minimum absolute atomic E-state index is 0.119.